The molecule has 0 aliphatic rings. The Labute approximate surface area is 117 Å². The van der Waals surface area contributed by atoms with E-state index in [0.717, 1.165) is 25.2 Å². The van der Waals surface area contributed by atoms with Crippen molar-refractivity contribution in [3.8, 4) is 0 Å². The molecule has 1 aromatic heterocycles. The van der Waals surface area contributed by atoms with Gasteiger partial charge in [0.1, 0.15) is 11.9 Å². The Morgan fingerprint density at radius 2 is 2.05 bits per heavy atom. The quantitative estimate of drug-likeness (QED) is 0.688. The molecule has 0 saturated heterocycles. The van der Waals surface area contributed by atoms with Gasteiger partial charge in [0.05, 0.1) is 12.9 Å². The second kappa shape index (κ2) is 9.16. The Hall–Kier alpha value is -0.800. The molecule has 0 aliphatic heterocycles. The van der Waals surface area contributed by atoms with Crippen LogP contribution in [0.2, 0.25) is 0 Å². The highest BCUT2D eigenvalue weighted by Crippen LogP contribution is 2.25. The summed E-state index contributed by atoms with van der Waals surface area (Å²) in [5.74, 6) is 1.47. The van der Waals surface area contributed by atoms with Crippen molar-refractivity contribution in [2.45, 2.75) is 65.0 Å². The molecule has 1 rings (SSSR count). The smallest absolute Gasteiger partial charge is 0.134 e. The zero-order chi connectivity index (χ0) is 14.1. The Kier molecular flexibility index (Phi) is 7.84. The van der Waals surface area contributed by atoms with Gasteiger partial charge in [-0.15, -0.1) is 0 Å². The van der Waals surface area contributed by atoms with E-state index < -0.39 is 0 Å². The number of hydrogen-bond acceptors (Lipinski definition) is 3. The van der Waals surface area contributed by atoms with Gasteiger partial charge in [-0.05, 0) is 30.9 Å². The van der Waals surface area contributed by atoms with E-state index in [9.17, 15) is 0 Å². The maximum atomic E-state index is 6.15. The lowest BCUT2D eigenvalue weighted by Gasteiger charge is -2.24. The van der Waals surface area contributed by atoms with Gasteiger partial charge < -0.3 is 14.9 Å². The Morgan fingerprint density at radius 1 is 1.26 bits per heavy atom. The third kappa shape index (κ3) is 5.37. The first-order chi connectivity index (χ1) is 9.22. The van der Waals surface area contributed by atoms with Crippen LogP contribution in [0.15, 0.2) is 22.8 Å². The van der Waals surface area contributed by atoms with Gasteiger partial charge in [-0.25, -0.2) is 0 Å². The van der Waals surface area contributed by atoms with E-state index >= 15 is 0 Å². The number of hydrogen-bond donors (Lipinski definition) is 1. The van der Waals surface area contributed by atoms with Crippen molar-refractivity contribution < 1.29 is 9.15 Å². The molecular weight excluding hydrogens is 238 g/mol. The molecule has 19 heavy (non-hydrogen) atoms. The molecule has 0 bridgehead atoms. The number of nitrogens with two attached hydrogens (primary N) is 1. The highest BCUT2D eigenvalue weighted by molar-refractivity contribution is 5.05. The fraction of sp³-hybridized carbons (Fsp3) is 0.750. The van der Waals surface area contributed by atoms with Crippen molar-refractivity contribution >= 4 is 0 Å². The van der Waals surface area contributed by atoms with Crippen LogP contribution in [0.3, 0.4) is 0 Å². The highest BCUT2D eigenvalue weighted by atomic mass is 16.5. The van der Waals surface area contributed by atoms with Crippen molar-refractivity contribution in [3.05, 3.63) is 24.2 Å². The van der Waals surface area contributed by atoms with Crippen LogP contribution in [0.5, 0.6) is 0 Å². The lowest BCUT2D eigenvalue weighted by molar-refractivity contribution is -0.00336. The first-order valence-electron chi connectivity index (χ1n) is 7.63. The van der Waals surface area contributed by atoms with E-state index in [2.05, 4.69) is 20.8 Å². The normalized spacial score (nSPS) is 16.2. The summed E-state index contributed by atoms with van der Waals surface area (Å²) in [6.07, 6.45) is 7.36. The number of ether oxygens (including phenoxy) is 1. The Bertz CT molecular complexity index is 311. The molecule has 0 saturated carbocycles. The van der Waals surface area contributed by atoms with Gasteiger partial charge in [0.15, 0.2) is 0 Å². The zero-order valence-electron chi connectivity index (χ0n) is 12.6. The van der Waals surface area contributed by atoms with Gasteiger partial charge in [-0.2, -0.15) is 0 Å². The topological polar surface area (TPSA) is 48.4 Å². The second-order valence-corrected chi connectivity index (χ2v) is 5.26. The average molecular weight is 267 g/mol. The number of furan rings is 1. The minimum absolute atomic E-state index is 0.00479. The standard InChI is InChI=1S/C16H29NO2/c1-4-7-9-13(5-2)12-19-16(14(17)6-3)15-10-8-11-18-15/h8,10-11,13-14,16H,4-7,9,12,17H2,1-3H3. The summed E-state index contributed by atoms with van der Waals surface area (Å²) >= 11 is 0. The van der Waals surface area contributed by atoms with Crippen LogP contribution in [-0.2, 0) is 4.74 Å². The van der Waals surface area contributed by atoms with Crippen molar-refractivity contribution in [1.29, 1.82) is 0 Å². The van der Waals surface area contributed by atoms with E-state index in [1.54, 1.807) is 6.26 Å². The van der Waals surface area contributed by atoms with Gasteiger partial charge in [0.2, 0.25) is 0 Å². The van der Waals surface area contributed by atoms with Crippen molar-refractivity contribution in [2.75, 3.05) is 6.61 Å². The summed E-state index contributed by atoms with van der Waals surface area (Å²) < 4.78 is 11.5. The van der Waals surface area contributed by atoms with Gasteiger partial charge in [-0.1, -0.05) is 40.0 Å². The molecule has 3 heteroatoms. The molecule has 3 atom stereocenters. The van der Waals surface area contributed by atoms with E-state index in [1.807, 2.05) is 12.1 Å². The van der Waals surface area contributed by atoms with Crippen LogP contribution in [-0.4, -0.2) is 12.6 Å². The van der Waals surface area contributed by atoms with Gasteiger partial charge in [-0.3, -0.25) is 0 Å². The fourth-order valence-electron chi connectivity index (χ4n) is 2.22. The van der Waals surface area contributed by atoms with E-state index in [4.69, 9.17) is 14.9 Å². The van der Waals surface area contributed by atoms with Crippen molar-refractivity contribution in [1.82, 2.24) is 0 Å². The number of unbranched alkanes of at least 4 members (excludes halogenated alkanes) is 1. The number of rotatable bonds is 10. The molecule has 0 fully saturated rings. The van der Waals surface area contributed by atoms with Crippen LogP contribution in [0, 0.1) is 5.92 Å². The lowest BCUT2D eigenvalue weighted by Crippen LogP contribution is -2.30. The molecular formula is C16H29NO2. The predicted octanol–water partition coefficient (Wildman–Crippen LogP) is 4.29. The van der Waals surface area contributed by atoms with Gasteiger partial charge >= 0.3 is 0 Å². The third-order valence-corrected chi connectivity index (χ3v) is 3.74. The largest absolute Gasteiger partial charge is 0.467 e. The summed E-state index contributed by atoms with van der Waals surface area (Å²) in [5, 5.41) is 0. The fourth-order valence-corrected chi connectivity index (χ4v) is 2.22. The predicted molar refractivity (Wildman–Crippen MR) is 79.0 cm³/mol. The molecule has 1 aromatic rings. The minimum Gasteiger partial charge on any atom is -0.467 e. The lowest BCUT2D eigenvalue weighted by atomic mass is 10.00. The molecule has 1 heterocycles. The van der Waals surface area contributed by atoms with E-state index in [1.165, 1.54) is 19.3 Å². The summed E-state index contributed by atoms with van der Waals surface area (Å²) in [4.78, 5) is 0. The summed E-state index contributed by atoms with van der Waals surface area (Å²) in [6.45, 7) is 7.31. The molecule has 0 radical (unpaired) electrons. The molecule has 110 valence electrons. The molecule has 0 aromatic carbocycles. The van der Waals surface area contributed by atoms with Crippen LogP contribution in [0.4, 0.5) is 0 Å². The van der Waals surface area contributed by atoms with Crippen LogP contribution in [0.1, 0.15) is 64.7 Å². The minimum atomic E-state index is -0.115. The highest BCUT2D eigenvalue weighted by Gasteiger charge is 2.23. The van der Waals surface area contributed by atoms with Gasteiger partial charge in [0.25, 0.3) is 0 Å². The van der Waals surface area contributed by atoms with Crippen molar-refractivity contribution in [2.24, 2.45) is 11.7 Å². The Balaban J connectivity index is 2.53. The molecule has 2 N–H and O–H groups in total. The zero-order valence-corrected chi connectivity index (χ0v) is 12.6. The molecule has 0 spiro atoms. The van der Waals surface area contributed by atoms with Crippen molar-refractivity contribution in [3.63, 3.8) is 0 Å². The molecule has 0 amide bonds. The maximum Gasteiger partial charge on any atom is 0.134 e. The van der Waals surface area contributed by atoms with Crippen LogP contribution >= 0.6 is 0 Å². The van der Waals surface area contributed by atoms with E-state index in [-0.39, 0.29) is 12.1 Å². The first kappa shape index (κ1) is 16.3. The SMILES string of the molecule is CCCCC(CC)COC(c1ccco1)C(N)CC. The summed E-state index contributed by atoms with van der Waals surface area (Å²) in [5.41, 5.74) is 6.15. The average Bonchev–Trinajstić information content (AvgIpc) is 2.96. The molecule has 3 nitrogen and oxygen atoms in total. The Morgan fingerprint density at radius 3 is 2.58 bits per heavy atom. The van der Waals surface area contributed by atoms with Gasteiger partial charge in [0, 0.05) is 6.04 Å². The summed E-state index contributed by atoms with van der Waals surface area (Å²) in [7, 11) is 0. The maximum absolute atomic E-state index is 6.15. The van der Waals surface area contributed by atoms with Crippen LogP contribution < -0.4 is 5.73 Å². The second-order valence-electron chi connectivity index (χ2n) is 5.26. The van der Waals surface area contributed by atoms with Crippen LogP contribution in [0.25, 0.3) is 0 Å². The molecule has 0 aliphatic carbocycles. The third-order valence-electron chi connectivity index (χ3n) is 3.74. The first-order valence-corrected chi connectivity index (χ1v) is 7.63. The monoisotopic (exact) mass is 267 g/mol. The van der Waals surface area contributed by atoms with E-state index in [0.29, 0.717) is 5.92 Å². The summed E-state index contributed by atoms with van der Waals surface area (Å²) in [6, 6.07) is 3.84. The molecule has 3 unspecified atom stereocenters.